The maximum absolute atomic E-state index is 12.0. The second-order valence-electron chi connectivity index (χ2n) is 5.53. The number of halogens is 1. The van der Waals surface area contributed by atoms with Gasteiger partial charge in [0.25, 0.3) is 0 Å². The molecule has 2 atom stereocenters. The van der Waals surface area contributed by atoms with Crippen LogP contribution >= 0.6 is 11.6 Å². The van der Waals surface area contributed by atoms with E-state index in [4.69, 9.17) is 11.6 Å². The lowest BCUT2D eigenvalue weighted by atomic mass is 10.0. The average molecular weight is 295 g/mol. The molecule has 1 aromatic rings. The molecule has 1 saturated heterocycles. The van der Waals surface area contributed by atoms with E-state index in [9.17, 15) is 4.79 Å². The van der Waals surface area contributed by atoms with E-state index in [0.717, 1.165) is 23.6 Å². The lowest BCUT2D eigenvalue weighted by Gasteiger charge is -2.23. The van der Waals surface area contributed by atoms with Gasteiger partial charge in [0.2, 0.25) is 5.91 Å². The highest BCUT2D eigenvalue weighted by Crippen LogP contribution is 2.17. The van der Waals surface area contributed by atoms with Gasteiger partial charge in [-0.2, -0.15) is 0 Å². The third-order valence-electron chi connectivity index (χ3n) is 3.88. The third-order valence-corrected chi connectivity index (χ3v) is 4.13. The van der Waals surface area contributed by atoms with Crippen LogP contribution in [0.1, 0.15) is 50.6 Å². The van der Waals surface area contributed by atoms with Crippen LogP contribution in [0, 0.1) is 0 Å². The number of piperidine rings is 1. The van der Waals surface area contributed by atoms with Crippen molar-refractivity contribution in [1.82, 2.24) is 10.6 Å². The van der Waals surface area contributed by atoms with Gasteiger partial charge < -0.3 is 10.6 Å². The Hall–Kier alpha value is -1.06. The molecule has 0 aromatic heterocycles. The molecule has 1 heterocycles. The lowest BCUT2D eigenvalue weighted by Crippen LogP contribution is -2.35. The van der Waals surface area contributed by atoms with Gasteiger partial charge in [0.1, 0.15) is 0 Å². The Labute approximate surface area is 126 Å². The summed E-state index contributed by atoms with van der Waals surface area (Å²) in [5, 5.41) is 7.23. The highest BCUT2D eigenvalue weighted by atomic mass is 35.5. The molecular formula is C16H23ClN2O. The number of benzene rings is 1. The Kier molecular flexibility index (Phi) is 5.86. The average Bonchev–Trinajstić information content (AvgIpc) is 2.47. The summed E-state index contributed by atoms with van der Waals surface area (Å²) in [6.07, 6.45) is 5.26. The quantitative estimate of drug-likeness (QED) is 0.873. The molecule has 1 aliphatic heterocycles. The molecule has 1 aromatic carbocycles. The molecule has 1 fully saturated rings. The zero-order valence-electron chi connectivity index (χ0n) is 12.0. The van der Waals surface area contributed by atoms with Gasteiger partial charge in [-0.05, 0) is 50.4 Å². The van der Waals surface area contributed by atoms with Crippen molar-refractivity contribution in [3.8, 4) is 0 Å². The molecular weight excluding hydrogens is 272 g/mol. The van der Waals surface area contributed by atoms with Crippen LogP contribution in [0.2, 0.25) is 5.02 Å². The van der Waals surface area contributed by atoms with Crippen LogP contribution in [0.25, 0.3) is 0 Å². The number of nitrogens with one attached hydrogen (secondary N) is 2. The SMILES string of the molecule is C[C@@H](NC(=O)CCC1CCCCN1)c1ccc(Cl)cc1. The summed E-state index contributed by atoms with van der Waals surface area (Å²) in [6, 6.07) is 8.16. The Balaban J connectivity index is 1.74. The molecule has 20 heavy (non-hydrogen) atoms. The third kappa shape index (κ3) is 4.80. The van der Waals surface area contributed by atoms with E-state index in [1.54, 1.807) is 0 Å². The topological polar surface area (TPSA) is 41.1 Å². The van der Waals surface area contributed by atoms with E-state index in [2.05, 4.69) is 10.6 Å². The van der Waals surface area contributed by atoms with Crippen molar-refractivity contribution in [3.63, 3.8) is 0 Å². The van der Waals surface area contributed by atoms with E-state index in [1.807, 2.05) is 31.2 Å². The van der Waals surface area contributed by atoms with Gasteiger partial charge in [-0.3, -0.25) is 4.79 Å². The first kappa shape index (κ1) is 15.3. The van der Waals surface area contributed by atoms with Crippen molar-refractivity contribution in [3.05, 3.63) is 34.9 Å². The standard InChI is InChI=1S/C16H23ClN2O/c1-12(13-5-7-14(17)8-6-13)19-16(20)10-9-15-4-2-3-11-18-15/h5-8,12,15,18H,2-4,9-11H2,1H3,(H,19,20)/t12-,15?/m1/s1. The molecule has 0 saturated carbocycles. The van der Waals surface area contributed by atoms with Crippen LogP contribution < -0.4 is 10.6 Å². The molecule has 0 bridgehead atoms. The van der Waals surface area contributed by atoms with Crippen LogP contribution in [0.5, 0.6) is 0 Å². The Morgan fingerprint density at radius 3 is 2.80 bits per heavy atom. The summed E-state index contributed by atoms with van der Waals surface area (Å²) in [6.45, 7) is 3.09. The maximum atomic E-state index is 12.0. The number of carbonyl (C=O) groups is 1. The second kappa shape index (κ2) is 7.65. The van der Waals surface area contributed by atoms with Crippen molar-refractivity contribution in [2.75, 3.05) is 6.54 Å². The minimum absolute atomic E-state index is 0.0269. The molecule has 1 amide bonds. The van der Waals surface area contributed by atoms with E-state index in [1.165, 1.54) is 19.3 Å². The van der Waals surface area contributed by atoms with Crippen molar-refractivity contribution in [1.29, 1.82) is 0 Å². The molecule has 0 aliphatic carbocycles. The molecule has 3 nitrogen and oxygen atoms in total. The van der Waals surface area contributed by atoms with Crippen molar-refractivity contribution in [2.24, 2.45) is 0 Å². The minimum atomic E-state index is 0.0269. The van der Waals surface area contributed by atoms with Crippen LogP contribution in [-0.2, 0) is 4.79 Å². The van der Waals surface area contributed by atoms with Crippen LogP contribution in [0.15, 0.2) is 24.3 Å². The van der Waals surface area contributed by atoms with Gasteiger partial charge >= 0.3 is 0 Å². The number of carbonyl (C=O) groups excluding carboxylic acids is 1. The van der Waals surface area contributed by atoms with Gasteiger partial charge in [0.15, 0.2) is 0 Å². The highest BCUT2D eigenvalue weighted by Gasteiger charge is 2.15. The zero-order chi connectivity index (χ0) is 14.4. The monoisotopic (exact) mass is 294 g/mol. The number of hydrogen-bond donors (Lipinski definition) is 2. The Bertz CT molecular complexity index is 427. The van der Waals surface area contributed by atoms with Crippen LogP contribution in [0.4, 0.5) is 0 Å². The smallest absolute Gasteiger partial charge is 0.220 e. The fraction of sp³-hybridized carbons (Fsp3) is 0.562. The fourth-order valence-corrected chi connectivity index (χ4v) is 2.75. The molecule has 2 N–H and O–H groups in total. The second-order valence-corrected chi connectivity index (χ2v) is 5.96. The summed E-state index contributed by atoms with van der Waals surface area (Å²) < 4.78 is 0. The van der Waals surface area contributed by atoms with Gasteiger partial charge in [-0.15, -0.1) is 0 Å². The minimum Gasteiger partial charge on any atom is -0.350 e. The highest BCUT2D eigenvalue weighted by molar-refractivity contribution is 6.30. The van der Waals surface area contributed by atoms with E-state index < -0.39 is 0 Å². The molecule has 110 valence electrons. The number of amides is 1. The van der Waals surface area contributed by atoms with Crippen molar-refractivity contribution < 1.29 is 4.79 Å². The Morgan fingerprint density at radius 2 is 2.15 bits per heavy atom. The fourth-order valence-electron chi connectivity index (χ4n) is 2.62. The maximum Gasteiger partial charge on any atom is 0.220 e. The van der Waals surface area contributed by atoms with Crippen molar-refractivity contribution in [2.45, 2.75) is 51.1 Å². The van der Waals surface area contributed by atoms with Crippen LogP contribution in [0.3, 0.4) is 0 Å². The van der Waals surface area contributed by atoms with Gasteiger partial charge in [-0.25, -0.2) is 0 Å². The predicted octanol–water partition coefficient (Wildman–Crippen LogP) is 3.44. The van der Waals surface area contributed by atoms with Crippen molar-refractivity contribution >= 4 is 17.5 Å². The van der Waals surface area contributed by atoms with Crippen LogP contribution in [-0.4, -0.2) is 18.5 Å². The summed E-state index contributed by atoms with van der Waals surface area (Å²) >= 11 is 5.86. The molecule has 1 unspecified atom stereocenters. The molecule has 1 aliphatic rings. The zero-order valence-corrected chi connectivity index (χ0v) is 12.7. The lowest BCUT2D eigenvalue weighted by molar-refractivity contribution is -0.122. The van der Waals surface area contributed by atoms with Gasteiger partial charge in [-0.1, -0.05) is 30.2 Å². The number of hydrogen-bond acceptors (Lipinski definition) is 2. The summed E-state index contributed by atoms with van der Waals surface area (Å²) in [7, 11) is 0. The predicted molar refractivity (Wildman–Crippen MR) is 82.9 cm³/mol. The molecule has 2 rings (SSSR count). The van der Waals surface area contributed by atoms with Gasteiger partial charge in [0.05, 0.1) is 6.04 Å². The summed E-state index contributed by atoms with van der Waals surface area (Å²) in [5.74, 6) is 0.125. The van der Waals surface area contributed by atoms with Gasteiger partial charge in [0, 0.05) is 17.5 Å². The Morgan fingerprint density at radius 1 is 1.40 bits per heavy atom. The first-order chi connectivity index (χ1) is 9.65. The first-order valence-corrected chi connectivity index (χ1v) is 7.81. The largest absolute Gasteiger partial charge is 0.350 e. The molecule has 4 heteroatoms. The normalized spacial score (nSPS) is 20.4. The van der Waals surface area contributed by atoms with E-state index >= 15 is 0 Å². The number of rotatable bonds is 5. The molecule has 0 radical (unpaired) electrons. The molecule has 0 spiro atoms. The summed E-state index contributed by atoms with van der Waals surface area (Å²) in [4.78, 5) is 12.0. The summed E-state index contributed by atoms with van der Waals surface area (Å²) in [5.41, 5.74) is 1.08. The van der Waals surface area contributed by atoms with E-state index in [0.29, 0.717) is 12.5 Å². The first-order valence-electron chi connectivity index (χ1n) is 7.43. The van der Waals surface area contributed by atoms with E-state index in [-0.39, 0.29) is 11.9 Å².